The normalized spacial score (nSPS) is 15.8. The number of hydrogen-bond donors (Lipinski definition) is 1. The van der Waals surface area contributed by atoms with Gasteiger partial charge in [-0.15, -0.1) is 0 Å². The van der Waals surface area contributed by atoms with E-state index >= 15 is 0 Å². The number of carbonyl (C=O) groups excluding carboxylic acids is 1. The number of hydrogen-bond acceptors (Lipinski definition) is 3. The van der Waals surface area contributed by atoms with Crippen LogP contribution in [0.1, 0.15) is 24.8 Å². The molecule has 0 radical (unpaired) electrons. The molecule has 0 unspecified atom stereocenters. The summed E-state index contributed by atoms with van der Waals surface area (Å²) in [6, 6.07) is 7.68. The second-order valence-electron chi connectivity index (χ2n) is 5.31. The van der Waals surface area contributed by atoms with Crippen LogP contribution in [0.4, 0.5) is 0 Å². The zero-order chi connectivity index (χ0) is 15.2. The van der Waals surface area contributed by atoms with E-state index in [1.807, 2.05) is 24.3 Å². The van der Waals surface area contributed by atoms with Crippen LogP contribution in [0, 0.1) is 5.92 Å². The van der Waals surface area contributed by atoms with Gasteiger partial charge in [0, 0.05) is 19.5 Å². The van der Waals surface area contributed by atoms with E-state index in [0.29, 0.717) is 38.8 Å². The Hall–Kier alpha value is -2.04. The van der Waals surface area contributed by atoms with Gasteiger partial charge in [0.05, 0.1) is 13.0 Å². The summed E-state index contributed by atoms with van der Waals surface area (Å²) >= 11 is 0. The highest BCUT2D eigenvalue weighted by Gasteiger charge is 2.26. The van der Waals surface area contributed by atoms with E-state index < -0.39 is 5.97 Å². The number of para-hydroxylation sites is 1. The van der Waals surface area contributed by atoms with E-state index in [-0.39, 0.29) is 11.8 Å². The molecule has 2 rings (SSSR count). The van der Waals surface area contributed by atoms with Crippen LogP contribution < -0.4 is 4.74 Å². The molecule has 1 aromatic rings. The fraction of sp³-hybridized carbons (Fsp3) is 0.500. The van der Waals surface area contributed by atoms with Crippen molar-refractivity contribution in [2.75, 3.05) is 20.2 Å². The van der Waals surface area contributed by atoms with Crippen molar-refractivity contribution in [2.45, 2.75) is 25.7 Å². The molecule has 1 fully saturated rings. The van der Waals surface area contributed by atoms with Gasteiger partial charge in [-0.1, -0.05) is 18.2 Å². The zero-order valence-electron chi connectivity index (χ0n) is 12.2. The van der Waals surface area contributed by atoms with Crippen LogP contribution in [-0.4, -0.2) is 42.1 Å². The number of carboxylic acids is 1. The molecule has 1 aliphatic rings. The summed E-state index contributed by atoms with van der Waals surface area (Å²) in [7, 11) is 1.62. The third-order valence-electron chi connectivity index (χ3n) is 4.00. The first-order valence-electron chi connectivity index (χ1n) is 7.24. The number of rotatable bonds is 5. The molecular formula is C16H21NO4. The Balaban J connectivity index is 1.84. The third-order valence-corrected chi connectivity index (χ3v) is 4.00. The standard InChI is InChI=1S/C16H21NO4/c1-21-14-5-3-2-4-12(14)6-7-15(18)17-10-8-13(9-11-17)16(19)20/h2-5,13H,6-11H2,1H3,(H,19,20). The lowest BCUT2D eigenvalue weighted by Gasteiger charge is -2.30. The highest BCUT2D eigenvalue weighted by molar-refractivity contribution is 5.77. The molecular weight excluding hydrogens is 270 g/mol. The van der Waals surface area contributed by atoms with E-state index in [1.54, 1.807) is 12.0 Å². The van der Waals surface area contributed by atoms with Crippen molar-refractivity contribution in [2.24, 2.45) is 5.92 Å². The highest BCUT2D eigenvalue weighted by Crippen LogP contribution is 2.21. The largest absolute Gasteiger partial charge is 0.496 e. The maximum atomic E-state index is 12.2. The maximum absolute atomic E-state index is 12.2. The number of aryl methyl sites for hydroxylation is 1. The van der Waals surface area contributed by atoms with Gasteiger partial charge in [0.1, 0.15) is 5.75 Å². The molecule has 114 valence electrons. The summed E-state index contributed by atoms with van der Waals surface area (Å²) in [4.78, 5) is 24.9. The number of piperidine rings is 1. The maximum Gasteiger partial charge on any atom is 0.306 e. The Bertz CT molecular complexity index is 507. The van der Waals surface area contributed by atoms with Crippen molar-refractivity contribution in [3.8, 4) is 5.75 Å². The minimum absolute atomic E-state index is 0.0877. The fourth-order valence-electron chi connectivity index (χ4n) is 2.69. The highest BCUT2D eigenvalue weighted by atomic mass is 16.5. The first-order valence-corrected chi connectivity index (χ1v) is 7.24. The van der Waals surface area contributed by atoms with Crippen molar-refractivity contribution >= 4 is 11.9 Å². The van der Waals surface area contributed by atoms with Gasteiger partial charge in [-0.3, -0.25) is 9.59 Å². The van der Waals surface area contributed by atoms with Crippen LogP contribution in [0.5, 0.6) is 5.75 Å². The molecule has 0 spiro atoms. The summed E-state index contributed by atoms with van der Waals surface area (Å²) < 4.78 is 5.27. The molecule has 5 heteroatoms. The van der Waals surface area contributed by atoms with Crippen LogP contribution in [0.15, 0.2) is 24.3 Å². The number of ether oxygens (including phenoxy) is 1. The molecule has 0 saturated carbocycles. The topological polar surface area (TPSA) is 66.8 Å². The number of likely N-dealkylation sites (tertiary alicyclic amines) is 1. The summed E-state index contributed by atoms with van der Waals surface area (Å²) in [5.74, 6) is -0.168. The number of nitrogens with zero attached hydrogens (tertiary/aromatic N) is 1. The van der Waals surface area contributed by atoms with Gasteiger partial charge in [-0.2, -0.15) is 0 Å². The average molecular weight is 291 g/mol. The van der Waals surface area contributed by atoms with E-state index in [2.05, 4.69) is 0 Å². The quantitative estimate of drug-likeness (QED) is 0.900. The van der Waals surface area contributed by atoms with Crippen LogP contribution in [0.2, 0.25) is 0 Å². The summed E-state index contributed by atoms with van der Waals surface area (Å²) in [6.07, 6.45) is 2.17. The number of methoxy groups -OCH3 is 1. The van der Waals surface area contributed by atoms with Gasteiger partial charge in [0.15, 0.2) is 0 Å². The van der Waals surface area contributed by atoms with Gasteiger partial charge < -0.3 is 14.7 Å². The first-order chi connectivity index (χ1) is 10.1. The van der Waals surface area contributed by atoms with E-state index in [4.69, 9.17) is 9.84 Å². The monoisotopic (exact) mass is 291 g/mol. The van der Waals surface area contributed by atoms with Gasteiger partial charge in [-0.25, -0.2) is 0 Å². The Morgan fingerprint density at radius 3 is 2.57 bits per heavy atom. The van der Waals surface area contributed by atoms with E-state index in [0.717, 1.165) is 11.3 Å². The van der Waals surface area contributed by atoms with Gasteiger partial charge >= 0.3 is 5.97 Å². The molecule has 0 atom stereocenters. The molecule has 1 saturated heterocycles. The van der Waals surface area contributed by atoms with Crippen molar-refractivity contribution < 1.29 is 19.4 Å². The van der Waals surface area contributed by atoms with Crippen LogP contribution in [0.3, 0.4) is 0 Å². The molecule has 1 N–H and O–H groups in total. The smallest absolute Gasteiger partial charge is 0.306 e. The second kappa shape index (κ2) is 7.11. The first kappa shape index (κ1) is 15.4. The minimum atomic E-state index is -0.754. The molecule has 21 heavy (non-hydrogen) atoms. The second-order valence-corrected chi connectivity index (χ2v) is 5.31. The fourth-order valence-corrected chi connectivity index (χ4v) is 2.69. The van der Waals surface area contributed by atoms with Crippen molar-refractivity contribution in [1.29, 1.82) is 0 Å². The molecule has 5 nitrogen and oxygen atoms in total. The lowest BCUT2D eigenvalue weighted by molar-refractivity contribution is -0.145. The molecule has 1 aromatic carbocycles. The zero-order valence-corrected chi connectivity index (χ0v) is 12.2. The van der Waals surface area contributed by atoms with Gasteiger partial charge in [0.25, 0.3) is 0 Å². The summed E-state index contributed by atoms with van der Waals surface area (Å²) in [5, 5.41) is 8.96. The summed E-state index contributed by atoms with van der Waals surface area (Å²) in [5.41, 5.74) is 1.02. The Labute approximate surface area is 124 Å². The molecule has 0 aliphatic carbocycles. The molecule has 0 bridgehead atoms. The third kappa shape index (κ3) is 3.97. The van der Waals surface area contributed by atoms with E-state index in [1.165, 1.54) is 0 Å². The van der Waals surface area contributed by atoms with Gasteiger partial charge in [0.2, 0.25) is 5.91 Å². The molecule has 0 aromatic heterocycles. The predicted octanol–water partition coefficient (Wildman–Crippen LogP) is 1.95. The molecule has 1 heterocycles. The average Bonchev–Trinajstić information content (AvgIpc) is 2.52. The van der Waals surface area contributed by atoms with Crippen LogP contribution in [0.25, 0.3) is 0 Å². The van der Waals surface area contributed by atoms with Crippen LogP contribution in [-0.2, 0) is 16.0 Å². The predicted molar refractivity (Wildman–Crippen MR) is 78.3 cm³/mol. The number of carboxylic acid groups (broad SMARTS) is 1. The lowest BCUT2D eigenvalue weighted by Crippen LogP contribution is -2.40. The minimum Gasteiger partial charge on any atom is -0.496 e. The lowest BCUT2D eigenvalue weighted by atomic mass is 9.96. The SMILES string of the molecule is COc1ccccc1CCC(=O)N1CCC(C(=O)O)CC1. The number of aliphatic carboxylic acids is 1. The Morgan fingerprint density at radius 2 is 1.95 bits per heavy atom. The Kier molecular flexibility index (Phi) is 5.20. The number of carbonyl (C=O) groups is 2. The van der Waals surface area contributed by atoms with Crippen LogP contribution >= 0.6 is 0 Å². The number of benzene rings is 1. The van der Waals surface area contributed by atoms with Crippen molar-refractivity contribution in [1.82, 2.24) is 4.90 Å². The molecule has 1 amide bonds. The van der Waals surface area contributed by atoms with E-state index in [9.17, 15) is 9.59 Å². The number of amides is 1. The Morgan fingerprint density at radius 1 is 1.29 bits per heavy atom. The summed E-state index contributed by atoms with van der Waals surface area (Å²) in [6.45, 7) is 1.09. The van der Waals surface area contributed by atoms with Gasteiger partial charge in [-0.05, 0) is 30.9 Å². The molecule has 1 aliphatic heterocycles. The van der Waals surface area contributed by atoms with Crippen molar-refractivity contribution in [3.05, 3.63) is 29.8 Å². The van der Waals surface area contributed by atoms with Crippen molar-refractivity contribution in [3.63, 3.8) is 0 Å².